The monoisotopic (exact) mass is 197 g/mol. The van der Waals surface area contributed by atoms with Crippen LogP contribution < -0.4 is 16.4 Å². The molecule has 2 aliphatic rings. The first-order chi connectivity index (χ1) is 6.77. The predicted molar refractivity (Wildman–Crippen MR) is 54.8 cm³/mol. The van der Waals surface area contributed by atoms with Crippen LogP contribution in [-0.2, 0) is 0 Å². The summed E-state index contributed by atoms with van der Waals surface area (Å²) < 4.78 is 0. The summed E-state index contributed by atoms with van der Waals surface area (Å²) >= 11 is 0. The lowest BCUT2D eigenvalue weighted by atomic mass is 10.1. The van der Waals surface area contributed by atoms with Gasteiger partial charge in [0.05, 0.1) is 0 Å². The average Bonchev–Trinajstić information content (AvgIpc) is 2.99. The quantitative estimate of drug-likeness (QED) is 0.541. The molecule has 0 heterocycles. The van der Waals surface area contributed by atoms with E-state index in [4.69, 9.17) is 5.73 Å². The third-order valence-electron chi connectivity index (χ3n) is 3.06. The van der Waals surface area contributed by atoms with Crippen LogP contribution in [0.4, 0.5) is 4.79 Å². The molecule has 0 aromatic rings. The SMILES string of the molecule is NC(=O)NCCNC(C1CC1)C1CC1. The zero-order valence-corrected chi connectivity index (χ0v) is 8.46. The van der Waals surface area contributed by atoms with Crippen LogP contribution >= 0.6 is 0 Å². The van der Waals surface area contributed by atoms with Crippen molar-refractivity contribution >= 4 is 6.03 Å². The normalized spacial score (nSPS) is 21.2. The van der Waals surface area contributed by atoms with E-state index in [9.17, 15) is 4.79 Å². The van der Waals surface area contributed by atoms with Crippen molar-refractivity contribution in [2.75, 3.05) is 13.1 Å². The Morgan fingerprint density at radius 2 is 1.79 bits per heavy atom. The van der Waals surface area contributed by atoms with E-state index in [1.165, 1.54) is 25.7 Å². The van der Waals surface area contributed by atoms with Crippen molar-refractivity contribution < 1.29 is 4.79 Å². The maximum atomic E-state index is 10.4. The lowest BCUT2D eigenvalue weighted by molar-refractivity contribution is 0.248. The molecule has 4 N–H and O–H groups in total. The van der Waals surface area contributed by atoms with Crippen molar-refractivity contribution in [3.8, 4) is 0 Å². The van der Waals surface area contributed by atoms with Crippen molar-refractivity contribution in [3.63, 3.8) is 0 Å². The molecule has 0 bridgehead atoms. The van der Waals surface area contributed by atoms with E-state index in [1.807, 2.05) is 0 Å². The first kappa shape index (κ1) is 9.77. The van der Waals surface area contributed by atoms with E-state index in [1.54, 1.807) is 0 Å². The zero-order chi connectivity index (χ0) is 9.97. The van der Waals surface area contributed by atoms with Gasteiger partial charge in [-0.3, -0.25) is 0 Å². The molecule has 4 nitrogen and oxygen atoms in total. The number of amides is 2. The molecule has 0 radical (unpaired) electrons. The Kier molecular flexibility index (Phi) is 2.91. The molecule has 2 saturated carbocycles. The summed E-state index contributed by atoms with van der Waals surface area (Å²) in [6.07, 6.45) is 5.55. The van der Waals surface area contributed by atoms with Gasteiger partial charge in [-0.2, -0.15) is 0 Å². The summed E-state index contributed by atoms with van der Waals surface area (Å²) in [5.74, 6) is 1.83. The van der Waals surface area contributed by atoms with E-state index < -0.39 is 6.03 Å². The molecule has 2 rings (SSSR count). The fourth-order valence-electron chi connectivity index (χ4n) is 2.05. The summed E-state index contributed by atoms with van der Waals surface area (Å²) in [5, 5.41) is 6.12. The standard InChI is InChI=1S/C10H19N3O/c11-10(14)13-6-5-12-9(7-1-2-7)8-3-4-8/h7-9,12H,1-6H2,(H3,11,13,14). The third kappa shape index (κ3) is 2.87. The Balaban J connectivity index is 1.59. The Labute approximate surface area is 84.6 Å². The first-order valence-corrected chi connectivity index (χ1v) is 5.54. The molecule has 2 aliphatic carbocycles. The summed E-state index contributed by atoms with van der Waals surface area (Å²) in [6, 6.07) is 0.283. The van der Waals surface area contributed by atoms with Gasteiger partial charge in [-0.25, -0.2) is 4.79 Å². The second-order valence-electron chi connectivity index (χ2n) is 4.45. The maximum absolute atomic E-state index is 10.4. The minimum atomic E-state index is -0.429. The van der Waals surface area contributed by atoms with Gasteiger partial charge in [-0.1, -0.05) is 0 Å². The topological polar surface area (TPSA) is 67.2 Å². The van der Waals surface area contributed by atoms with Gasteiger partial charge in [0.1, 0.15) is 0 Å². The van der Waals surface area contributed by atoms with Crippen LogP contribution in [0.5, 0.6) is 0 Å². The fourth-order valence-corrected chi connectivity index (χ4v) is 2.05. The Hall–Kier alpha value is -0.770. The molecule has 2 amide bonds. The summed E-state index contributed by atoms with van der Waals surface area (Å²) in [7, 11) is 0. The molecule has 0 saturated heterocycles. The van der Waals surface area contributed by atoms with Gasteiger partial charge in [0.15, 0.2) is 0 Å². The van der Waals surface area contributed by atoms with Gasteiger partial charge >= 0.3 is 6.03 Å². The average molecular weight is 197 g/mol. The van der Waals surface area contributed by atoms with Gasteiger partial charge in [0.2, 0.25) is 0 Å². The van der Waals surface area contributed by atoms with Crippen LogP contribution in [0.3, 0.4) is 0 Å². The largest absolute Gasteiger partial charge is 0.352 e. The van der Waals surface area contributed by atoms with Crippen molar-refractivity contribution in [2.24, 2.45) is 17.6 Å². The van der Waals surface area contributed by atoms with Crippen molar-refractivity contribution in [2.45, 2.75) is 31.7 Å². The number of hydrogen-bond donors (Lipinski definition) is 3. The van der Waals surface area contributed by atoms with Crippen LogP contribution in [-0.4, -0.2) is 25.2 Å². The molecule has 0 aliphatic heterocycles. The number of primary amides is 1. The lowest BCUT2D eigenvalue weighted by Gasteiger charge is -2.17. The smallest absolute Gasteiger partial charge is 0.312 e. The molecule has 2 fully saturated rings. The second kappa shape index (κ2) is 4.17. The highest BCUT2D eigenvalue weighted by molar-refractivity contribution is 5.71. The predicted octanol–water partition coefficient (Wildman–Crippen LogP) is 0.433. The van der Waals surface area contributed by atoms with Crippen LogP contribution in [0.2, 0.25) is 0 Å². The van der Waals surface area contributed by atoms with Crippen LogP contribution in [0, 0.1) is 11.8 Å². The number of hydrogen-bond acceptors (Lipinski definition) is 2. The highest BCUT2D eigenvalue weighted by Crippen LogP contribution is 2.44. The van der Waals surface area contributed by atoms with Crippen LogP contribution in [0.25, 0.3) is 0 Å². The molecule has 80 valence electrons. The number of carbonyl (C=O) groups excluding carboxylic acids is 1. The molecule has 0 unspecified atom stereocenters. The van der Waals surface area contributed by atoms with E-state index in [0.29, 0.717) is 12.6 Å². The van der Waals surface area contributed by atoms with Crippen molar-refractivity contribution in [1.29, 1.82) is 0 Å². The highest BCUT2D eigenvalue weighted by atomic mass is 16.2. The molecular weight excluding hydrogens is 178 g/mol. The summed E-state index contributed by atoms with van der Waals surface area (Å²) in [4.78, 5) is 10.4. The van der Waals surface area contributed by atoms with E-state index in [-0.39, 0.29) is 0 Å². The number of nitrogens with one attached hydrogen (secondary N) is 2. The summed E-state index contributed by atoms with van der Waals surface area (Å²) in [6.45, 7) is 1.49. The maximum Gasteiger partial charge on any atom is 0.312 e. The zero-order valence-electron chi connectivity index (χ0n) is 8.46. The van der Waals surface area contributed by atoms with Crippen LogP contribution in [0.15, 0.2) is 0 Å². The van der Waals surface area contributed by atoms with Gasteiger partial charge in [-0.05, 0) is 37.5 Å². The lowest BCUT2D eigenvalue weighted by Crippen LogP contribution is -2.40. The number of carbonyl (C=O) groups is 1. The van der Waals surface area contributed by atoms with Gasteiger partial charge in [-0.15, -0.1) is 0 Å². The first-order valence-electron chi connectivity index (χ1n) is 5.54. The van der Waals surface area contributed by atoms with Gasteiger partial charge in [0.25, 0.3) is 0 Å². The van der Waals surface area contributed by atoms with E-state index in [2.05, 4.69) is 10.6 Å². The molecule has 0 aromatic heterocycles. The third-order valence-corrected chi connectivity index (χ3v) is 3.06. The summed E-state index contributed by atoms with van der Waals surface area (Å²) in [5.41, 5.74) is 4.98. The number of nitrogens with two attached hydrogens (primary N) is 1. The van der Waals surface area contributed by atoms with Gasteiger partial charge in [0, 0.05) is 19.1 Å². The minimum absolute atomic E-state index is 0.429. The van der Waals surface area contributed by atoms with Crippen molar-refractivity contribution in [3.05, 3.63) is 0 Å². The molecule has 0 spiro atoms. The van der Waals surface area contributed by atoms with Crippen LogP contribution in [0.1, 0.15) is 25.7 Å². The van der Waals surface area contributed by atoms with Crippen molar-refractivity contribution in [1.82, 2.24) is 10.6 Å². The molecule has 4 heteroatoms. The highest BCUT2D eigenvalue weighted by Gasteiger charge is 2.40. The molecule has 14 heavy (non-hydrogen) atoms. The Morgan fingerprint density at radius 3 is 2.21 bits per heavy atom. The molecular formula is C10H19N3O. The number of urea groups is 1. The molecule has 0 atom stereocenters. The Bertz CT molecular complexity index is 199. The van der Waals surface area contributed by atoms with E-state index in [0.717, 1.165) is 18.4 Å². The van der Waals surface area contributed by atoms with Gasteiger partial charge < -0.3 is 16.4 Å². The Morgan fingerprint density at radius 1 is 1.21 bits per heavy atom. The second-order valence-corrected chi connectivity index (χ2v) is 4.45. The molecule has 0 aromatic carbocycles. The van der Waals surface area contributed by atoms with E-state index >= 15 is 0 Å². The number of rotatable bonds is 6. The fraction of sp³-hybridized carbons (Fsp3) is 0.900. The minimum Gasteiger partial charge on any atom is -0.352 e.